The Bertz CT molecular complexity index is 768. The van der Waals surface area contributed by atoms with E-state index in [0.717, 1.165) is 18.8 Å². The summed E-state index contributed by atoms with van der Waals surface area (Å²) in [5, 5.41) is 16.8. The van der Waals surface area contributed by atoms with Crippen molar-refractivity contribution in [1.29, 1.82) is 0 Å². The van der Waals surface area contributed by atoms with E-state index in [1.165, 1.54) is 37.1 Å². The first-order valence-electron chi connectivity index (χ1n) is 10.5. The summed E-state index contributed by atoms with van der Waals surface area (Å²) in [5.74, 6) is 1.76. The molecule has 1 aromatic carbocycles. The summed E-state index contributed by atoms with van der Waals surface area (Å²) in [4.78, 5) is 6.89. The molecule has 0 saturated carbocycles. The molecule has 0 aliphatic carbocycles. The third kappa shape index (κ3) is 8.30. The molecule has 2 heterocycles. The third-order valence-electron chi connectivity index (χ3n) is 4.98. The van der Waals surface area contributed by atoms with Crippen LogP contribution in [0.3, 0.4) is 0 Å². The van der Waals surface area contributed by atoms with Crippen LogP contribution >= 0.6 is 24.0 Å². The van der Waals surface area contributed by atoms with Gasteiger partial charge in [0, 0.05) is 13.1 Å². The van der Waals surface area contributed by atoms with E-state index >= 15 is 0 Å². The van der Waals surface area contributed by atoms with Crippen molar-refractivity contribution in [2.45, 2.75) is 31.9 Å². The Kier molecular flexibility index (Phi) is 11.1. The van der Waals surface area contributed by atoms with Crippen molar-refractivity contribution in [3.8, 4) is 5.75 Å². The lowest BCUT2D eigenvalue weighted by molar-refractivity contribution is 0.114. The van der Waals surface area contributed by atoms with Crippen LogP contribution in [0, 0.1) is 5.82 Å². The van der Waals surface area contributed by atoms with E-state index in [-0.39, 0.29) is 49.0 Å². The van der Waals surface area contributed by atoms with Crippen LogP contribution in [0.4, 0.5) is 4.39 Å². The largest absolute Gasteiger partial charge is 0.491 e. The Morgan fingerprint density at radius 3 is 2.61 bits per heavy atom. The second-order valence-corrected chi connectivity index (χ2v) is 7.29. The van der Waals surface area contributed by atoms with Crippen molar-refractivity contribution in [1.82, 2.24) is 15.5 Å². The number of aliphatic imine (C=N–C) groups is 1. The fourth-order valence-corrected chi connectivity index (χ4v) is 3.45. The molecule has 1 saturated heterocycles. The highest BCUT2D eigenvalue weighted by Gasteiger charge is 2.25. The molecule has 0 spiro atoms. The van der Waals surface area contributed by atoms with Gasteiger partial charge in [0.15, 0.2) is 5.96 Å². The van der Waals surface area contributed by atoms with Gasteiger partial charge in [0.25, 0.3) is 0 Å². The van der Waals surface area contributed by atoms with E-state index in [1.807, 2.05) is 19.1 Å². The summed E-state index contributed by atoms with van der Waals surface area (Å²) in [6.45, 7) is 5.74. The summed E-state index contributed by atoms with van der Waals surface area (Å²) in [6, 6.07) is 9.76. The van der Waals surface area contributed by atoms with Crippen LogP contribution in [0.15, 0.2) is 52.1 Å². The van der Waals surface area contributed by atoms with E-state index < -0.39 is 6.10 Å². The van der Waals surface area contributed by atoms with E-state index in [0.29, 0.717) is 24.8 Å². The zero-order chi connectivity index (χ0) is 21.2. The van der Waals surface area contributed by atoms with Crippen molar-refractivity contribution >= 4 is 29.9 Å². The Hall–Kier alpha value is -1.85. The van der Waals surface area contributed by atoms with Crippen LogP contribution in [0.5, 0.6) is 5.75 Å². The van der Waals surface area contributed by atoms with E-state index in [9.17, 15) is 9.50 Å². The maximum Gasteiger partial charge on any atom is 0.191 e. The summed E-state index contributed by atoms with van der Waals surface area (Å²) >= 11 is 0. The molecule has 1 aromatic heterocycles. The standard InChI is InChI=1S/C22H31FN4O3.HI/c1-2-24-22(25-14-18(28)16-30-19-9-7-17(23)8-10-19)26-15-20(21-6-5-13-29-21)27-11-3-4-12-27;/h5-10,13,18,20,28H,2-4,11-12,14-16H2,1H3,(H2,24,25,26);1H. The first-order chi connectivity index (χ1) is 14.7. The lowest BCUT2D eigenvalue weighted by atomic mass is 10.2. The monoisotopic (exact) mass is 546 g/mol. The lowest BCUT2D eigenvalue weighted by Gasteiger charge is -2.26. The average molecular weight is 546 g/mol. The molecule has 0 radical (unpaired) electrons. The minimum absolute atomic E-state index is 0. The highest BCUT2D eigenvalue weighted by molar-refractivity contribution is 14.0. The molecule has 3 rings (SSSR count). The number of nitrogens with one attached hydrogen (secondary N) is 2. The number of benzene rings is 1. The van der Waals surface area contributed by atoms with Crippen LogP contribution < -0.4 is 15.4 Å². The topological polar surface area (TPSA) is 82.3 Å². The van der Waals surface area contributed by atoms with Crippen molar-refractivity contribution in [2.24, 2.45) is 4.99 Å². The maximum absolute atomic E-state index is 12.9. The number of guanidine groups is 1. The molecular weight excluding hydrogens is 514 g/mol. The molecule has 0 bridgehead atoms. The molecule has 0 amide bonds. The zero-order valence-corrected chi connectivity index (χ0v) is 20.1. The number of hydrogen-bond donors (Lipinski definition) is 3. The quantitative estimate of drug-likeness (QED) is 0.242. The van der Waals surface area contributed by atoms with E-state index in [2.05, 4.69) is 20.5 Å². The van der Waals surface area contributed by atoms with Crippen LogP contribution in [0.2, 0.25) is 0 Å². The summed E-state index contributed by atoms with van der Waals surface area (Å²) in [6.07, 6.45) is 3.33. The molecule has 9 heteroatoms. The summed E-state index contributed by atoms with van der Waals surface area (Å²) in [5.41, 5.74) is 0. The van der Waals surface area contributed by atoms with Crippen LogP contribution in [0.25, 0.3) is 0 Å². The minimum atomic E-state index is -0.773. The van der Waals surface area contributed by atoms with Gasteiger partial charge in [-0.05, 0) is 69.3 Å². The van der Waals surface area contributed by atoms with Gasteiger partial charge < -0.3 is 24.9 Å². The number of ether oxygens (including phenoxy) is 1. The number of rotatable bonds is 10. The van der Waals surface area contributed by atoms with Crippen LogP contribution in [-0.2, 0) is 0 Å². The Labute approximate surface area is 200 Å². The van der Waals surface area contributed by atoms with Gasteiger partial charge in [-0.1, -0.05) is 0 Å². The van der Waals surface area contributed by atoms with Gasteiger partial charge in [-0.15, -0.1) is 24.0 Å². The van der Waals surface area contributed by atoms with Crippen molar-refractivity contribution < 1.29 is 18.7 Å². The third-order valence-corrected chi connectivity index (χ3v) is 4.98. The molecule has 1 aliphatic rings. The normalized spacial score (nSPS) is 16.4. The molecule has 2 atom stereocenters. The van der Waals surface area contributed by atoms with Gasteiger partial charge in [-0.25, -0.2) is 4.39 Å². The van der Waals surface area contributed by atoms with Gasteiger partial charge >= 0.3 is 0 Å². The fourth-order valence-electron chi connectivity index (χ4n) is 3.45. The predicted molar refractivity (Wildman–Crippen MR) is 130 cm³/mol. The van der Waals surface area contributed by atoms with E-state index in [1.54, 1.807) is 6.26 Å². The second kappa shape index (κ2) is 13.5. The van der Waals surface area contributed by atoms with Crippen molar-refractivity contribution in [3.63, 3.8) is 0 Å². The predicted octanol–water partition coefficient (Wildman–Crippen LogP) is 3.17. The number of hydrogen-bond acceptors (Lipinski definition) is 5. The number of aliphatic hydroxyl groups excluding tert-OH is 1. The Morgan fingerprint density at radius 2 is 1.97 bits per heavy atom. The molecule has 3 N–H and O–H groups in total. The zero-order valence-electron chi connectivity index (χ0n) is 17.8. The highest BCUT2D eigenvalue weighted by Crippen LogP contribution is 2.24. The van der Waals surface area contributed by atoms with E-state index in [4.69, 9.17) is 9.15 Å². The van der Waals surface area contributed by atoms with Gasteiger partial charge in [-0.2, -0.15) is 0 Å². The second-order valence-electron chi connectivity index (χ2n) is 7.29. The first kappa shape index (κ1) is 25.4. The summed E-state index contributed by atoms with van der Waals surface area (Å²) < 4.78 is 24.1. The lowest BCUT2D eigenvalue weighted by Crippen LogP contribution is -2.43. The SMILES string of the molecule is CCNC(=NCC(O)COc1ccc(F)cc1)NCC(c1ccco1)N1CCCC1.I. The Balaban J connectivity index is 0.00000341. The van der Waals surface area contributed by atoms with Gasteiger partial charge in [0.1, 0.15) is 30.0 Å². The number of furan rings is 1. The molecule has 172 valence electrons. The molecule has 31 heavy (non-hydrogen) atoms. The molecule has 7 nitrogen and oxygen atoms in total. The number of aliphatic hydroxyl groups is 1. The first-order valence-corrected chi connectivity index (χ1v) is 10.5. The molecule has 2 aromatic rings. The number of nitrogens with zero attached hydrogens (tertiary/aromatic N) is 2. The Morgan fingerprint density at radius 1 is 1.23 bits per heavy atom. The minimum Gasteiger partial charge on any atom is -0.491 e. The van der Waals surface area contributed by atoms with Crippen molar-refractivity contribution in [2.75, 3.05) is 39.3 Å². The summed E-state index contributed by atoms with van der Waals surface area (Å²) in [7, 11) is 0. The van der Waals surface area contributed by atoms with Gasteiger partial charge in [-0.3, -0.25) is 9.89 Å². The smallest absolute Gasteiger partial charge is 0.191 e. The van der Waals surface area contributed by atoms with Gasteiger partial charge in [0.05, 0.1) is 18.8 Å². The van der Waals surface area contributed by atoms with Crippen molar-refractivity contribution in [3.05, 3.63) is 54.2 Å². The average Bonchev–Trinajstić information content (AvgIpc) is 3.46. The molecule has 1 fully saturated rings. The highest BCUT2D eigenvalue weighted by atomic mass is 127. The fraction of sp³-hybridized carbons (Fsp3) is 0.500. The molecule has 2 unspecified atom stereocenters. The maximum atomic E-state index is 12.9. The van der Waals surface area contributed by atoms with Crippen LogP contribution in [-0.4, -0.2) is 61.4 Å². The molecule has 1 aliphatic heterocycles. The number of likely N-dealkylation sites (tertiary alicyclic amines) is 1. The number of halogens is 2. The van der Waals surface area contributed by atoms with Crippen LogP contribution in [0.1, 0.15) is 31.6 Å². The van der Waals surface area contributed by atoms with Gasteiger partial charge in [0.2, 0.25) is 0 Å². The molecular formula is C22H32FIN4O3.